The van der Waals surface area contributed by atoms with Gasteiger partial charge >= 0.3 is 0 Å². The largest absolute Gasteiger partial charge is 0.493 e. The van der Waals surface area contributed by atoms with Gasteiger partial charge in [0.2, 0.25) is 0 Å². The van der Waals surface area contributed by atoms with Crippen LogP contribution in [0.5, 0.6) is 11.5 Å². The van der Waals surface area contributed by atoms with Crippen LogP contribution in [0.25, 0.3) is 5.69 Å². The first-order valence-electron chi connectivity index (χ1n) is 10.4. The van der Waals surface area contributed by atoms with Gasteiger partial charge in [-0.05, 0) is 57.0 Å². The van der Waals surface area contributed by atoms with Crippen molar-refractivity contribution in [3.8, 4) is 17.2 Å². The van der Waals surface area contributed by atoms with E-state index in [4.69, 9.17) is 9.47 Å². The van der Waals surface area contributed by atoms with E-state index < -0.39 is 11.6 Å². The van der Waals surface area contributed by atoms with Crippen molar-refractivity contribution in [1.29, 1.82) is 0 Å². The van der Waals surface area contributed by atoms with Gasteiger partial charge in [-0.25, -0.2) is 13.5 Å². The van der Waals surface area contributed by atoms with E-state index in [1.54, 1.807) is 21.0 Å². The van der Waals surface area contributed by atoms with Crippen LogP contribution in [0.1, 0.15) is 53.6 Å². The first-order valence-corrected chi connectivity index (χ1v) is 10.4. The van der Waals surface area contributed by atoms with E-state index in [0.29, 0.717) is 35.1 Å². The highest BCUT2D eigenvalue weighted by Gasteiger charge is 2.23. The fourth-order valence-corrected chi connectivity index (χ4v) is 3.50. The van der Waals surface area contributed by atoms with Gasteiger partial charge in [0.25, 0.3) is 5.91 Å². The molecular formula is C24H27F2N3O3. The van der Waals surface area contributed by atoms with E-state index in [0.717, 1.165) is 24.1 Å². The molecular weight excluding hydrogens is 416 g/mol. The lowest BCUT2D eigenvalue weighted by atomic mass is 10.1. The number of hydrogen-bond acceptors (Lipinski definition) is 4. The van der Waals surface area contributed by atoms with Crippen LogP contribution < -0.4 is 14.8 Å². The van der Waals surface area contributed by atoms with Gasteiger partial charge in [0.05, 0.1) is 36.7 Å². The molecule has 1 unspecified atom stereocenters. The third-order valence-corrected chi connectivity index (χ3v) is 5.15. The van der Waals surface area contributed by atoms with Crippen molar-refractivity contribution in [2.24, 2.45) is 0 Å². The highest BCUT2D eigenvalue weighted by atomic mass is 19.1. The zero-order valence-electron chi connectivity index (χ0n) is 18.8. The van der Waals surface area contributed by atoms with Crippen LogP contribution in [-0.4, -0.2) is 29.4 Å². The summed E-state index contributed by atoms with van der Waals surface area (Å²) < 4.78 is 39.9. The van der Waals surface area contributed by atoms with Gasteiger partial charge in [0.1, 0.15) is 11.5 Å². The van der Waals surface area contributed by atoms with E-state index in [2.05, 4.69) is 10.4 Å². The van der Waals surface area contributed by atoms with Gasteiger partial charge in [-0.2, -0.15) is 5.10 Å². The number of rotatable bonds is 8. The van der Waals surface area contributed by atoms with E-state index in [1.807, 2.05) is 32.0 Å². The molecule has 3 rings (SSSR count). The number of methoxy groups -OCH3 is 1. The summed E-state index contributed by atoms with van der Waals surface area (Å²) in [6, 6.07) is 8.41. The normalized spacial score (nSPS) is 11.8. The topological polar surface area (TPSA) is 65.4 Å². The molecule has 3 aromatic rings. The number of nitrogens with one attached hydrogen (secondary N) is 1. The molecule has 2 aromatic carbocycles. The monoisotopic (exact) mass is 443 g/mol. The molecule has 1 N–H and O–H groups in total. The quantitative estimate of drug-likeness (QED) is 0.529. The van der Waals surface area contributed by atoms with Crippen molar-refractivity contribution < 1.29 is 23.0 Å². The second-order valence-electron chi connectivity index (χ2n) is 7.51. The van der Waals surface area contributed by atoms with Gasteiger partial charge in [-0.3, -0.25) is 4.79 Å². The molecule has 0 saturated heterocycles. The minimum atomic E-state index is -0.756. The Kier molecular flexibility index (Phi) is 7.12. The van der Waals surface area contributed by atoms with Crippen LogP contribution in [0, 0.1) is 25.5 Å². The molecule has 6 nitrogen and oxygen atoms in total. The molecule has 0 spiro atoms. The molecule has 0 bridgehead atoms. The second kappa shape index (κ2) is 9.80. The molecule has 8 heteroatoms. The van der Waals surface area contributed by atoms with Crippen molar-refractivity contribution in [1.82, 2.24) is 15.1 Å². The zero-order valence-corrected chi connectivity index (χ0v) is 18.8. The lowest BCUT2D eigenvalue weighted by Gasteiger charge is -2.17. The Labute approximate surface area is 186 Å². The fraction of sp³-hybridized carbons (Fsp3) is 0.333. The summed E-state index contributed by atoms with van der Waals surface area (Å²) >= 11 is 0. The summed E-state index contributed by atoms with van der Waals surface area (Å²) in [5, 5.41) is 7.25. The van der Waals surface area contributed by atoms with E-state index in [-0.39, 0.29) is 17.6 Å². The van der Waals surface area contributed by atoms with Crippen molar-refractivity contribution in [2.75, 3.05) is 13.7 Å². The predicted molar refractivity (Wildman–Crippen MR) is 118 cm³/mol. The van der Waals surface area contributed by atoms with E-state index >= 15 is 0 Å². The maximum absolute atomic E-state index is 14.2. The summed E-state index contributed by atoms with van der Waals surface area (Å²) in [6.45, 7) is 7.81. The SMILES string of the molecule is CCCOc1ccc(C(C)NC(=O)c2c(C)nn(-c3ccc(F)cc3F)c2C)cc1OC. The summed E-state index contributed by atoms with van der Waals surface area (Å²) in [4.78, 5) is 13.0. The number of carbonyl (C=O) groups is 1. The fourth-order valence-electron chi connectivity index (χ4n) is 3.50. The number of aryl methyl sites for hydroxylation is 1. The Hall–Kier alpha value is -3.42. The minimum Gasteiger partial charge on any atom is -0.493 e. The summed E-state index contributed by atoms with van der Waals surface area (Å²) in [5.41, 5.74) is 2.16. The molecule has 0 aliphatic heterocycles. The predicted octanol–water partition coefficient (Wildman–Crippen LogP) is 5.06. The first kappa shape index (κ1) is 23.2. The lowest BCUT2D eigenvalue weighted by Crippen LogP contribution is -2.27. The number of ether oxygens (including phenoxy) is 2. The average Bonchev–Trinajstić information content (AvgIpc) is 3.05. The van der Waals surface area contributed by atoms with Crippen molar-refractivity contribution in [3.05, 3.63) is 70.5 Å². The van der Waals surface area contributed by atoms with E-state index in [9.17, 15) is 13.6 Å². The Morgan fingerprint density at radius 2 is 1.91 bits per heavy atom. The number of amides is 1. The Bertz CT molecular complexity index is 1130. The Morgan fingerprint density at radius 3 is 2.56 bits per heavy atom. The number of aromatic nitrogens is 2. The van der Waals surface area contributed by atoms with Crippen LogP contribution in [0.4, 0.5) is 8.78 Å². The molecule has 0 radical (unpaired) electrons. The summed E-state index contributed by atoms with van der Waals surface area (Å²) in [6.07, 6.45) is 0.881. The molecule has 1 atom stereocenters. The van der Waals surface area contributed by atoms with Gasteiger partial charge in [-0.15, -0.1) is 0 Å². The number of hydrogen-bond donors (Lipinski definition) is 1. The van der Waals surface area contributed by atoms with Crippen LogP contribution in [0.15, 0.2) is 36.4 Å². The summed E-state index contributed by atoms with van der Waals surface area (Å²) in [7, 11) is 1.57. The molecule has 1 aromatic heterocycles. The number of nitrogens with zero attached hydrogens (tertiary/aromatic N) is 2. The second-order valence-corrected chi connectivity index (χ2v) is 7.51. The molecule has 0 fully saturated rings. The summed E-state index contributed by atoms with van der Waals surface area (Å²) in [5.74, 6) is -0.545. The van der Waals surface area contributed by atoms with Crippen LogP contribution in [0.2, 0.25) is 0 Å². The molecule has 0 saturated carbocycles. The lowest BCUT2D eigenvalue weighted by molar-refractivity contribution is 0.0938. The highest BCUT2D eigenvalue weighted by Crippen LogP contribution is 2.31. The molecule has 32 heavy (non-hydrogen) atoms. The number of halogens is 2. The zero-order chi connectivity index (χ0) is 23.4. The standard InChI is InChI=1S/C24H27F2N3O3/c1-6-11-32-21-10-7-17(12-22(21)31-5)14(2)27-24(30)23-15(3)28-29(16(23)4)20-9-8-18(25)13-19(20)26/h7-10,12-14H,6,11H2,1-5H3,(H,27,30). The third kappa shape index (κ3) is 4.74. The van der Waals surface area contributed by atoms with Crippen molar-refractivity contribution in [3.63, 3.8) is 0 Å². The third-order valence-electron chi connectivity index (χ3n) is 5.15. The van der Waals surface area contributed by atoms with Gasteiger partial charge in [-0.1, -0.05) is 13.0 Å². The van der Waals surface area contributed by atoms with E-state index in [1.165, 1.54) is 10.7 Å². The van der Waals surface area contributed by atoms with Gasteiger partial charge in [0.15, 0.2) is 17.3 Å². The number of carbonyl (C=O) groups excluding carboxylic acids is 1. The maximum atomic E-state index is 14.2. The molecule has 0 aliphatic rings. The van der Waals surface area contributed by atoms with Crippen LogP contribution in [0.3, 0.4) is 0 Å². The van der Waals surface area contributed by atoms with Crippen molar-refractivity contribution in [2.45, 2.75) is 40.2 Å². The smallest absolute Gasteiger partial charge is 0.255 e. The Balaban J connectivity index is 1.84. The highest BCUT2D eigenvalue weighted by molar-refractivity contribution is 5.96. The molecule has 170 valence electrons. The van der Waals surface area contributed by atoms with Gasteiger partial charge < -0.3 is 14.8 Å². The maximum Gasteiger partial charge on any atom is 0.255 e. The van der Waals surface area contributed by atoms with Crippen molar-refractivity contribution >= 4 is 5.91 Å². The first-order chi connectivity index (χ1) is 15.3. The minimum absolute atomic E-state index is 0.0755. The Morgan fingerprint density at radius 1 is 1.16 bits per heavy atom. The molecule has 0 aliphatic carbocycles. The average molecular weight is 443 g/mol. The molecule has 1 amide bonds. The van der Waals surface area contributed by atoms with Gasteiger partial charge in [0, 0.05) is 6.07 Å². The molecule has 1 heterocycles. The number of benzene rings is 2. The van der Waals surface area contributed by atoms with Crippen LogP contribution in [-0.2, 0) is 0 Å². The van der Waals surface area contributed by atoms with Crippen LogP contribution >= 0.6 is 0 Å².